The van der Waals surface area contributed by atoms with Crippen LogP contribution in [0.1, 0.15) is 15.9 Å². The van der Waals surface area contributed by atoms with Crippen molar-refractivity contribution in [2.24, 2.45) is 0 Å². The number of hydrogen-bond donors (Lipinski definition) is 2. The van der Waals surface area contributed by atoms with Crippen LogP contribution >= 0.6 is 11.3 Å². The maximum absolute atomic E-state index is 12.5. The minimum Gasteiger partial charge on any atom is -0.367 e. The fraction of sp³-hybridized carbons (Fsp3) is 0.188. The first-order valence-corrected chi connectivity index (χ1v) is 8.20. The van der Waals surface area contributed by atoms with Crippen LogP contribution in [0.4, 0.5) is 19.0 Å². The van der Waals surface area contributed by atoms with Gasteiger partial charge in [-0.2, -0.15) is 13.2 Å². The average molecular weight is 366 g/mol. The van der Waals surface area contributed by atoms with Crippen LogP contribution in [-0.4, -0.2) is 29.0 Å². The molecule has 0 fully saturated rings. The Bertz CT molecular complexity index is 877. The van der Waals surface area contributed by atoms with Crippen LogP contribution in [0.2, 0.25) is 0 Å². The zero-order chi connectivity index (χ0) is 17.9. The molecule has 2 heterocycles. The molecule has 0 unspecified atom stereocenters. The summed E-state index contributed by atoms with van der Waals surface area (Å²) in [5.41, 5.74) is 0.237. The Hall–Kier alpha value is -2.68. The Morgan fingerprint density at radius 3 is 2.56 bits per heavy atom. The van der Waals surface area contributed by atoms with Crippen LogP contribution < -0.4 is 10.6 Å². The van der Waals surface area contributed by atoms with Gasteiger partial charge in [-0.15, -0.1) is 11.3 Å². The molecule has 9 heteroatoms. The largest absolute Gasteiger partial charge is 0.416 e. The van der Waals surface area contributed by atoms with Gasteiger partial charge < -0.3 is 10.6 Å². The Labute approximate surface area is 144 Å². The molecule has 3 rings (SSSR count). The summed E-state index contributed by atoms with van der Waals surface area (Å²) in [6.45, 7) is 0.729. The third-order valence-electron chi connectivity index (χ3n) is 3.42. The van der Waals surface area contributed by atoms with Crippen molar-refractivity contribution in [3.05, 3.63) is 53.2 Å². The Morgan fingerprint density at radius 1 is 1.08 bits per heavy atom. The topological polar surface area (TPSA) is 66.9 Å². The third kappa shape index (κ3) is 4.05. The summed E-state index contributed by atoms with van der Waals surface area (Å²) in [4.78, 5) is 20.2. The molecule has 1 amide bonds. The number of amides is 1. The Morgan fingerprint density at radius 2 is 1.84 bits per heavy atom. The van der Waals surface area contributed by atoms with Crippen molar-refractivity contribution in [2.75, 3.05) is 18.4 Å². The SMILES string of the molecule is O=C(NCCNc1ncnc2ccsc12)c1ccc(C(F)(F)F)cc1. The predicted octanol–water partition coefficient (Wildman–Crippen LogP) is 3.55. The van der Waals surface area contributed by atoms with Crippen LogP contribution in [-0.2, 0) is 6.18 Å². The first-order chi connectivity index (χ1) is 11.9. The minimum absolute atomic E-state index is 0.177. The van der Waals surface area contributed by atoms with Crippen molar-refractivity contribution in [1.29, 1.82) is 0 Å². The van der Waals surface area contributed by atoms with Crippen molar-refractivity contribution in [1.82, 2.24) is 15.3 Å². The number of anilines is 1. The van der Waals surface area contributed by atoms with Crippen molar-refractivity contribution < 1.29 is 18.0 Å². The highest BCUT2D eigenvalue weighted by molar-refractivity contribution is 7.17. The van der Waals surface area contributed by atoms with E-state index < -0.39 is 17.6 Å². The molecule has 0 aliphatic rings. The van der Waals surface area contributed by atoms with E-state index in [1.807, 2.05) is 11.4 Å². The maximum Gasteiger partial charge on any atom is 0.416 e. The van der Waals surface area contributed by atoms with E-state index in [-0.39, 0.29) is 5.56 Å². The number of alkyl halides is 3. The minimum atomic E-state index is -4.41. The number of carbonyl (C=O) groups is 1. The molecule has 0 radical (unpaired) electrons. The van der Waals surface area contributed by atoms with Crippen molar-refractivity contribution in [3.8, 4) is 0 Å². The Balaban J connectivity index is 1.52. The molecule has 0 aliphatic carbocycles. The number of nitrogens with one attached hydrogen (secondary N) is 2. The fourth-order valence-electron chi connectivity index (χ4n) is 2.18. The molecule has 0 saturated heterocycles. The number of thiophene rings is 1. The monoisotopic (exact) mass is 366 g/mol. The van der Waals surface area contributed by atoms with Gasteiger partial charge in [0, 0.05) is 18.7 Å². The summed E-state index contributed by atoms with van der Waals surface area (Å²) < 4.78 is 38.4. The van der Waals surface area contributed by atoms with Gasteiger partial charge in [0.25, 0.3) is 5.91 Å². The van der Waals surface area contributed by atoms with Gasteiger partial charge in [0.15, 0.2) is 0 Å². The molecule has 3 aromatic rings. The zero-order valence-electron chi connectivity index (χ0n) is 12.8. The quantitative estimate of drug-likeness (QED) is 0.678. The fourth-order valence-corrected chi connectivity index (χ4v) is 3.00. The molecule has 0 bridgehead atoms. The smallest absolute Gasteiger partial charge is 0.367 e. The van der Waals surface area contributed by atoms with Gasteiger partial charge in [-0.05, 0) is 35.7 Å². The molecule has 130 valence electrons. The second-order valence-corrected chi connectivity index (χ2v) is 6.03. The molecule has 2 N–H and O–H groups in total. The molecule has 0 saturated carbocycles. The number of benzene rings is 1. The van der Waals surface area contributed by atoms with E-state index in [1.54, 1.807) is 0 Å². The van der Waals surface area contributed by atoms with E-state index in [0.717, 1.165) is 34.5 Å². The van der Waals surface area contributed by atoms with Crippen LogP contribution in [0.3, 0.4) is 0 Å². The standard InChI is InChI=1S/C16H13F3N4OS/c17-16(18,19)11-3-1-10(2-4-11)15(24)21-7-6-20-14-13-12(5-8-25-13)22-9-23-14/h1-5,8-9H,6-7H2,(H,21,24)(H,20,22,23). The first kappa shape index (κ1) is 17.2. The zero-order valence-corrected chi connectivity index (χ0v) is 13.6. The summed E-state index contributed by atoms with van der Waals surface area (Å²) in [5, 5.41) is 7.67. The highest BCUT2D eigenvalue weighted by Gasteiger charge is 2.30. The normalized spacial score (nSPS) is 11.5. The molecular weight excluding hydrogens is 353 g/mol. The lowest BCUT2D eigenvalue weighted by molar-refractivity contribution is -0.137. The number of fused-ring (bicyclic) bond motifs is 1. The summed E-state index contributed by atoms with van der Waals surface area (Å²) in [6.07, 6.45) is -2.96. The van der Waals surface area contributed by atoms with E-state index in [4.69, 9.17) is 0 Å². The lowest BCUT2D eigenvalue weighted by Gasteiger charge is -2.09. The number of nitrogens with zero attached hydrogens (tertiary/aromatic N) is 2. The van der Waals surface area contributed by atoms with Crippen LogP contribution in [0.5, 0.6) is 0 Å². The van der Waals surface area contributed by atoms with Crippen LogP contribution in [0.25, 0.3) is 10.2 Å². The van der Waals surface area contributed by atoms with Gasteiger partial charge in [-0.25, -0.2) is 9.97 Å². The van der Waals surface area contributed by atoms with Gasteiger partial charge >= 0.3 is 6.18 Å². The molecular formula is C16H13F3N4OS. The first-order valence-electron chi connectivity index (χ1n) is 7.32. The van der Waals surface area contributed by atoms with Crippen LogP contribution in [0.15, 0.2) is 42.0 Å². The van der Waals surface area contributed by atoms with Crippen molar-refractivity contribution in [2.45, 2.75) is 6.18 Å². The second kappa shape index (κ2) is 7.06. The predicted molar refractivity (Wildman–Crippen MR) is 89.7 cm³/mol. The van der Waals surface area contributed by atoms with Crippen molar-refractivity contribution in [3.63, 3.8) is 0 Å². The molecule has 2 aromatic heterocycles. The van der Waals surface area contributed by atoms with E-state index in [0.29, 0.717) is 18.9 Å². The lowest BCUT2D eigenvalue weighted by atomic mass is 10.1. The van der Waals surface area contributed by atoms with Gasteiger partial charge in [0.2, 0.25) is 0 Å². The van der Waals surface area contributed by atoms with E-state index in [9.17, 15) is 18.0 Å². The molecule has 5 nitrogen and oxygen atoms in total. The highest BCUT2D eigenvalue weighted by atomic mass is 32.1. The number of hydrogen-bond acceptors (Lipinski definition) is 5. The van der Waals surface area contributed by atoms with E-state index in [2.05, 4.69) is 20.6 Å². The summed E-state index contributed by atoms with van der Waals surface area (Å²) >= 11 is 1.51. The summed E-state index contributed by atoms with van der Waals surface area (Å²) in [6, 6.07) is 5.98. The van der Waals surface area contributed by atoms with E-state index in [1.165, 1.54) is 17.7 Å². The maximum atomic E-state index is 12.5. The third-order valence-corrected chi connectivity index (χ3v) is 4.33. The number of rotatable bonds is 5. The van der Waals surface area contributed by atoms with Crippen LogP contribution in [0, 0.1) is 0 Å². The molecule has 0 aliphatic heterocycles. The molecule has 0 atom stereocenters. The summed E-state index contributed by atoms with van der Waals surface area (Å²) in [7, 11) is 0. The highest BCUT2D eigenvalue weighted by Crippen LogP contribution is 2.29. The molecule has 1 aromatic carbocycles. The molecule has 25 heavy (non-hydrogen) atoms. The molecule has 0 spiro atoms. The lowest BCUT2D eigenvalue weighted by Crippen LogP contribution is -2.29. The average Bonchev–Trinajstić information content (AvgIpc) is 3.07. The second-order valence-electron chi connectivity index (χ2n) is 5.12. The van der Waals surface area contributed by atoms with Crippen molar-refractivity contribution >= 4 is 33.3 Å². The number of halogens is 3. The number of aromatic nitrogens is 2. The number of carbonyl (C=O) groups excluding carboxylic acids is 1. The van der Waals surface area contributed by atoms with E-state index >= 15 is 0 Å². The summed E-state index contributed by atoms with van der Waals surface area (Å²) in [5.74, 6) is 0.253. The Kier molecular flexibility index (Phi) is 4.84. The van der Waals surface area contributed by atoms with Gasteiger partial charge in [0.05, 0.1) is 15.8 Å². The van der Waals surface area contributed by atoms with Gasteiger partial charge in [0.1, 0.15) is 12.1 Å². The van der Waals surface area contributed by atoms with Gasteiger partial charge in [-0.3, -0.25) is 4.79 Å². The van der Waals surface area contributed by atoms with Gasteiger partial charge in [-0.1, -0.05) is 0 Å².